The largest absolute Gasteiger partial charge is 0.238 e. The summed E-state index contributed by atoms with van der Waals surface area (Å²) in [7, 11) is -3.73. The molecule has 0 unspecified atom stereocenters. The van der Waals surface area contributed by atoms with E-state index in [1.807, 2.05) is 0 Å². The lowest BCUT2D eigenvalue weighted by molar-refractivity contribution is 0.597. The van der Waals surface area contributed by atoms with Crippen LogP contribution in [0.4, 0.5) is 4.39 Å². The van der Waals surface area contributed by atoms with Crippen LogP contribution in [0.25, 0.3) is 16.9 Å². The molecule has 0 bridgehead atoms. The molecule has 2 N–H and O–H groups in total. The number of sulfonamides is 1. The molecule has 2 aromatic carbocycles. The third-order valence-electron chi connectivity index (χ3n) is 3.19. The highest BCUT2D eigenvalue weighted by Gasteiger charge is 2.10. The number of benzene rings is 2. The van der Waals surface area contributed by atoms with Gasteiger partial charge < -0.3 is 0 Å². The van der Waals surface area contributed by atoms with E-state index >= 15 is 0 Å². The first-order valence-corrected chi connectivity index (χ1v) is 7.93. The first kappa shape index (κ1) is 14.4. The van der Waals surface area contributed by atoms with Gasteiger partial charge in [0.15, 0.2) is 0 Å². The molecule has 0 atom stereocenters. The fourth-order valence-corrected chi connectivity index (χ4v) is 2.64. The monoisotopic (exact) mass is 317 g/mol. The minimum absolute atomic E-state index is 0.0340. The van der Waals surface area contributed by atoms with E-state index in [4.69, 9.17) is 5.14 Å². The molecule has 3 aromatic rings. The molecule has 22 heavy (non-hydrogen) atoms. The molecule has 112 valence electrons. The molecule has 0 radical (unpaired) electrons. The summed E-state index contributed by atoms with van der Waals surface area (Å²) in [6.45, 7) is 0. The molecule has 0 aliphatic rings. The number of primary sulfonamides is 1. The summed E-state index contributed by atoms with van der Waals surface area (Å²) in [5.41, 5.74) is 2.24. The Labute approximate surface area is 126 Å². The molecule has 0 saturated carbocycles. The zero-order valence-corrected chi connectivity index (χ0v) is 12.2. The molecule has 0 aliphatic carbocycles. The lowest BCUT2D eigenvalue weighted by Crippen LogP contribution is -2.12. The standard InChI is InChI=1S/C15H12FN3O2S/c16-12-3-1-11(2-4-12)15-9-10-18-19(15)13-5-7-14(8-6-13)22(17,20)21/h1-10H,(H2,17,20,21). The smallest absolute Gasteiger partial charge is 0.233 e. The maximum absolute atomic E-state index is 13.0. The topological polar surface area (TPSA) is 78.0 Å². The molecule has 0 aliphatic heterocycles. The van der Waals surface area contributed by atoms with Gasteiger partial charge in [0.1, 0.15) is 5.82 Å². The summed E-state index contributed by atoms with van der Waals surface area (Å²) in [4.78, 5) is 0.0340. The number of halogens is 1. The minimum Gasteiger partial charge on any atom is -0.233 e. The van der Waals surface area contributed by atoms with E-state index in [0.29, 0.717) is 5.69 Å². The van der Waals surface area contributed by atoms with E-state index < -0.39 is 10.0 Å². The van der Waals surface area contributed by atoms with Gasteiger partial charge in [0.05, 0.1) is 22.5 Å². The highest BCUT2D eigenvalue weighted by Crippen LogP contribution is 2.23. The Morgan fingerprint density at radius 2 is 1.59 bits per heavy atom. The molecule has 0 fully saturated rings. The summed E-state index contributed by atoms with van der Waals surface area (Å²) >= 11 is 0. The Kier molecular flexibility index (Phi) is 3.51. The van der Waals surface area contributed by atoms with Gasteiger partial charge in [-0.3, -0.25) is 0 Å². The highest BCUT2D eigenvalue weighted by molar-refractivity contribution is 7.89. The molecule has 0 spiro atoms. The van der Waals surface area contributed by atoms with E-state index in [0.717, 1.165) is 11.3 Å². The predicted octanol–water partition coefficient (Wildman–Crippen LogP) is 2.33. The summed E-state index contributed by atoms with van der Waals surface area (Å²) in [5, 5.41) is 9.29. The van der Waals surface area contributed by atoms with Crippen LogP contribution in [0.2, 0.25) is 0 Å². The second-order valence-electron chi connectivity index (χ2n) is 4.67. The van der Waals surface area contributed by atoms with Gasteiger partial charge in [-0.05, 0) is 54.6 Å². The molecule has 3 rings (SSSR count). The van der Waals surface area contributed by atoms with Crippen molar-refractivity contribution in [2.24, 2.45) is 5.14 Å². The molecule has 5 nitrogen and oxygen atoms in total. The van der Waals surface area contributed by atoms with Gasteiger partial charge in [-0.25, -0.2) is 22.6 Å². The van der Waals surface area contributed by atoms with Gasteiger partial charge >= 0.3 is 0 Å². The van der Waals surface area contributed by atoms with Crippen LogP contribution in [0, 0.1) is 5.82 Å². The van der Waals surface area contributed by atoms with E-state index in [1.165, 1.54) is 24.3 Å². The van der Waals surface area contributed by atoms with Crippen molar-refractivity contribution in [2.45, 2.75) is 4.90 Å². The number of nitrogens with two attached hydrogens (primary N) is 1. The molecular weight excluding hydrogens is 305 g/mol. The summed E-state index contributed by atoms with van der Waals surface area (Å²) in [6, 6.07) is 13.9. The summed E-state index contributed by atoms with van der Waals surface area (Å²) < 4.78 is 37.2. The van der Waals surface area contributed by atoms with E-state index in [1.54, 1.807) is 41.2 Å². The van der Waals surface area contributed by atoms with Crippen molar-refractivity contribution in [1.29, 1.82) is 0 Å². The second kappa shape index (κ2) is 5.36. The van der Waals surface area contributed by atoms with Crippen LogP contribution in [0.1, 0.15) is 0 Å². The fraction of sp³-hybridized carbons (Fsp3) is 0. The van der Waals surface area contributed by atoms with Crippen LogP contribution in [-0.2, 0) is 10.0 Å². The van der Waals surface area contributed by atoms with Crippen LogP contribution in [0.15, 0.2) is 65.7 Å². The van der Waals surface area contributed by atoms with Crippen molar-refractivity contribution in [3.05, 3.63) is 66.6 Å². The van der Waals surface area contributed by atoms with E-state index in [-0.39, 0.29) is 10.7 Å². The van der Waals surface area contributed by atoms with Crippen molar-refractivity contribution in [2.75, 3.05) is 0 Å². The quantitative estimate of drug-likeness (QED) is 0.805. The van der Waals surface area contributed by atoms with Crippen LogP contribution in [0.3, 0.4) is 0 Å². The van der Waals surface area contributed by atoms with E-state index in [9.17, 15) is 12.8 Å². The maximum atomic E-state index is 13.0. The second-order valence-corrected chi connectivity index (χ2v) is 6.24. The zero-order chi connectivity index (χ0) is 15.7. The molecular formula is C15H12FN3O2S. The first-order valence-electron chi connectivity index (χ1n) is 6.38. The number of nitrogens with zero attached hydrogens (tertiary/aromatic N) is 2. The molecule has 1 aromatic heterocycles. The fourth-order valence-electron chi connectivity index (χ4n) is 2.13. The van der Waals surface area contributed by atoms with Gasteiger partial charge in [0.2, 0.25) is 10.0 Å². The molecule has 1 heterocycles. The van der Waals surface area contributed by atoms with Gasteiger partial charge in [-0.1, -0.05) is 0 Å². The molecule has 7 heteroatoms. The third kappa shape index (κ3) is 2.76. The average Bonchev–Trinajstić information content (AvgIpc) is 2.97. The zero-order valence-electron chi connectivity index (χ0n) is 11.3. The summed E-state index contributed by atoms with van der Waals surface area (Å²) in [5.74, 6) is -0.313. The van der Waals surface area contributed by atoms with Crippen molar-refractivity contribution in [1.82, 2.24) is 9.78 Å². The predicted molar refractivity (Wildman–Crippen MR) is 80.3 cm³/mol. The van der Waals surface area contributed by atoms with Crippen LogP contribution in [-0.4, -0.2) is 18.2 Å². The molecule has 0 saturated heterocycles. The van der Waals surface area contributed by atoms with Gasteiger partial charge in [0.25, 0.3) is 0 Å². The Hall–Kier alpha value is -2.51. The number of hydrogen-bond acceptors (Lipinski definition) is 3. The van der Waals surface area contributed by atoms with Crippen molar-refractivity contribution < 1.29 is 12.8 Å². The Morgan fingerprint density at radius 1 is 0.955 bits per heavy atom. The third-order valence-corrected chi connectivity index (χ3v) is 4.12. The number of rotatable bonds is 3. The van der Waals surface area contributed by atoms with Crippen molar-refractivity contribution in [3.63, 3.8) is 0 Å². The lowest BCUT2D eigenvalue weighted by Gasteiger charge is -2.08. The normalized spacial score (nSPS) is 11.5. The van der Waals surface area contributed by atoms with Crippen molar-refractivity contribution in [3.8, 4) is 16.9 Å². The highest BCUT2D eigenvalue weighted by atomic mass is 32.2. The Morgan fingerprint density at radius 3 is 2.18 bits per heavy atom. The van der Waals surface area contributed by atoms with Gasteiger partial charge in [-0.15, -0.1) is 0 Å². The maximum Gasteiger partial charge on any atom is 0.238 e. The first-order chi connectivity index (χ1) is 10.4. The molecule has 0 amide bonds. The van der Waals surface area contributed by atoms with Gasteiger partial charge in [0, 0.05) is 5.56 Å². The van der Waals surface area contributed by atoms with Gasteiger partial charge in [-0.2, -0.15) is 5.10 Å². The van der Waals surface area contributed by atoms with Crippen molar-refractivity contribution >= 4 is 10.0 Å². The average molecular weight is 317 g/mol. The minimum atomic E-state index is -3.73. The van der Waals surface area contributed by atoms with Crippen LogP contribution >= 0.6 is 0 Å². The Balaban J connectivity index is 2.03. The number of hydrogen-bond donors (Lipinski definition) is 1. The number of aromatic nitrogens is 2. The summed E-state index contributed by atoms with van der Waals surface area (Å²) in [6.07, 6.45) is 1.62. The van der Waals surface area contributed by atoms with Crippen LogP contribution < -0.4 is 5.14 Å². The van der Waals surface area contributed by atoms with Crippen LogP contribution in [0.5, 0.6) is 0 Å². The van der Waals surface area contributed by atoms with E-state index in [2.05, 4.69) is 5.10 Å². The lowest BCUT2D eigenvalue weighted by atomic mass is 10.1. The Bertz CT molecular complexity index is 901. The SMILES string of the molecule is NS(=O)(=O)c1ccc(-n2nccc2-c2ccc(F)cc2)cc1.